The molecular formula is C15H16N2O2S. The average molecular weight is 288 g/mol. The molecule has 0 bridgehead atoms. The third kappa shape index (κ3) is 3.68. The number of carbonyl (C=O) groups is 1. The summed E-state index contributed by atoms with van der Waals surface area (Å²) in [7, 11) is 0. The fourth-order valence-electron chi connectivity index (χ4n) is 1.62. The van der Waals surface area contributed by atoms with Gasteiger partial charge in [-0.2, -0.15) is 5.10 Å². The molecule has 1 amide bonds. The van der Waals surface area contributed by atoms with Crippen molar-refractivity contribution >= 4 is 23.0 Å². The second-order valence-electron chi connectivity index (χ2n) is 4.07. The Balaban J connectivity index is 2.01. The van der Waals surface area contributed by atoms with Crippen molar-refractivity contribution in [1.29, 1.82) is 0 Å². The van der Waals surface area contributed by atoms with Crippen molar-refractivity contribution in [2.24, 2.45) is 5.10 Å². The Morgan fingerprint density at radius 3 is 2.65 bits per heavy atom. The lowest BCUT2D eigenvalue weighted by Crippen LogP contribution is -2.18. The van der Waals surface area contributed by atoms with Gasteiger partial charge in [-0.25, -0.2) is 5.43 Å². The van der Waals surface area contributed by atoms with Gasteiger partial charge < -0.3 is 4.74 Å². The quantitative estimate of drug-likeness (QED) is 0.678. The summed E-state index contributed by atoms with van der Waals surface area (Å²) in [6, 6.07) is 11.2. The van der Waals surface area contributed by atoms with Gasteiger partial charge in [0, 0.05) is 0 Å². The molecule has 20 heavy (non-hydrogen) atoms. The monoisotopic (exact) mass is 288 g/mol. The molecule has 0 saturated heterocycles. The van der Waals surface area contributed by atoms with Crippen molar-refractivity contribution in [3.8, 4) is 5.75 Å². The van der Waals surface area contributed by atoms with Gasteiger partial charge in [-0.3, -0.25) is 4.79 Å². The van der Waals surface area contributed by atoms with Crippen LogP contribution in [0.4, 0.5) is 0 Å². The lowest BCUT2D eigenvalue weighted by Gasteiger charge is -2.05. The first kappa shape index (κ1) is 14.3. The highest BCUT2D eigenvalue weighted by atomic mass is 32.1. The number of rotatable bonds is 5. The van der Waals surface area contributed by atoms with Crippen LogP contribution in [0.3, 0.4) is 0 Å². The van der Waals surface area contributed by atoms with Crippen LogP contribution in [0, 0.1) is 0 Å². The molecule has 2 rings (SSSR count). The second-order valence-corrected chi connectivity index (χ2v) is 5.02. The maximum atomic E-state index is 11.8. The minimum atomic E-state index is -0.190. The van der Waals surface area contributed by atoms with Gasteiger partial charge in [-0.1, -0.05) is 6.07 Å². The highest BCUT2D eigenvalue weighted by molar-refractivity contribution is 7.12. The van der Waals surface area contributed by atoms with Gasteiger partial charge in [-0.15, -0.1) is 11.3 Å². The summed E-state index contributed by atoms with van der Waals surface area (Å²) in [6.07, 6.45) is 0. The van der Waals surface area contributed by atoms with E-state index in [4.69, 9.17) is 4.74 Å². The molecule has 0 radical (unpaired) electrons. The smallest absolute Gasteiger partial charge is 0.281 e. The number of nitrogens with one attached hydrogen (secondary N) is 1. The molecule has 1 N–H and O–H groups in total. The molecule has 0 atom stereocenters. The summed E-state index contributed by atoms with van der Waals surface area (Å²) in [5.41, 5.74) is 4.24. The zero-order valence-electron chi connectivity index (χ0n) is 11.4. The Kier molecular flexibility index (Phi) is 4.90. The number of thiophene rings is 1. The number of hydrogen-bond donors (Lipinski definition) is 1. The van der Waals surface area contributed by atoms with E-state index in [1.54, 1.807) is 6.07 Å². The number of carbonyl (C=O) groups excluding carboxylic acids is 1. The molecule has 0 fully saturated rings. The zero-order chi connectivity index (χ0) is 14.4. The fourth-order valence-corrected chi connectivity index (χ4v) is 2.23. The molecule has 0 aliphatic rings. The molecule has 1 aromatic heterocycles. The summed E-state index contributed by atoms with van der Waals surface area (Å²) < 4.78 is 5.38. The first-order valence-electron chi connectivity index (χ1n) is 6.32. The van der Waals surface area contributed by atoms with Crippen LogP contribution < -0.4 is 10.2 Å². The molecular weight excluding hydrogens is 272 g/mol. The lowest BCUT2D eigenvalue weighted by atomic mass is 10.1. The largest absolute Gasteiger partial charge is 0.494 e. The Morgan fingerprint density at radius 1 is 1.30 bits per heavy atom. The normalized spacial score (nSPS) is 11.2. The summed E-state index contributed by atoms with van der Waals surface area (Å²) in [4.78, 5) is 12.4. The number of hydrazone groups is 1. The van der Waals surface area contributed by atoms with Gasteiger partial charge in [0.15, 0.2) is 0 Å². The van der Waals surface area contributed by atoms with E-state index in [0.717, 1.165) is 17.0 Å². The second kappa shape index (κ2) is 6.86. The van der Waals surface area contributed by atoms with Crippen LogP contribution in [0.5, 0.6) is 5.75 Å². The number of benzene rings is 1. The van der Waals surface area contributed by atoms with Gasteiger partial charge in [0.2, 0.25) is 0 Å². The summed E-state index contributed by atoms with van der Waals surface area (Å²) in [5, 5.41) is 5.97. The molecule has 1 heterocycles. The van der Waals surface area contributed by atoms with E-state index in [1.165, 1.54) is 11.3 Å². The standard InChI is InChI=1S/C15H16N2O2S/c1-3-19-13-8-6-12(7-9-13)11(2)16-17-15(18)14-5-4-10-20-14/h4-10H,3H2,1-2H3,(H,17,18)/b16-11-. The van der Waals surface area contributed by atoms with Gasteiger partial charge in [0.25, 0.3) is 5.91 Å². The van der Waals surface area contributed by atoms with Gasteiger partial charge >= 0.3 is 0 Å². The number of ether oxygens (including phenoxy) is 1. The number of nitrogens with zero attached hydrogens (tertiary/aromatic N) is 1. The fraction of sp³-hybridized carbons (Fsp3) is 0.200. The van der Waals surface area contributed by atoms with Crippen LogP contribution in [0.2, 0.25) is 0 Å². The van der Waals surface area contributed by atoms with Crippen LogP contribution >= 0.6 is 11.3 Å². The highest BCUT2D eigenvalue weighted by Gasteiger charge is 2.05. The van der Waals surface area contributed by atoms with Crippen molar-refractivity contribution < 1.29 is 9.53 Å². The Labute approximate surface area is 122 Å². The number of hydrogen-bond acceptors (Lipinski definition) is 4. The third-order valence-corrected chi connectivity index (χ3v) is 3.52. The van der Waals surface area contributed by atoms with Crippen LogP contribution in [-0.4, -0.2) is 18.2 Å². The molecule has 4 nitrogen and oxygen atoms in total. The van der Waals surface area contributed by atoms with E-state index < -0.39 is 0 Å². The van der Waals surface area contributed by atoms with E-state index in [1.807, 2.05) is 49.6 Å². The van der Waals surface area contributed by atoms with Crippen molar-refractivity contribution in [1.82, 2.24) is 5.43 Å². The van der Waals surface area contributed by atoms with Gasteiger partial charge in [0.05, 0.1) is 17.2 Å². The molecule has 5 heteroatoms. The third-order valence-electron chi connectivity index (χ3n) is 2.65. The van der Waals surface area contributed by atoms with E-state index in [9.17, 15) is 4.79 Å². The molecule has 1 aromatic carbocycles. The van der Waals surface area contributed by atoms with E-state index in [-0.39, 0.29) is 5.91 Å². The van der Waals surface area contributed by atoms with Crippen molar-refractivity contribution in [2.75, 3.05) is 6.61 Å². The Hall–Kier alpha value is -2.14. The van der Waals surface area contributed by atoms with Gasteiger partial charge in [0.1, 0.15) is 5.75 Å². The Bertz CT molecular complexity index is 589. The van der Waals surface area contributed by atoms with Crippen LogP contribution in [-0.2, 0) is 0 Å². The predicted octanol–water partition coefficient (Wildman–Crippen LogP) is 3.30. The van der Waals surface area contributed by atoms with Crippen molar-refractivity contribution in [2.45, 2.75) is 13.8 Å². The molecule has 0 unspecified atom stereocenters. The van der Waals surface area contributed by atoms with Gasteiger partial charge in [-0.05, 0) is 55.1 Å². The Morgan fingerprint density at radius 2 is 2.05 bits per heavy atom. The van der Waals surface area contributed by atoms with Crippen molar-refractivity contribution in [3.05, 3.63) is 52.2 Å². The maximum absolute atomic E-state index is 11.8. The lowest BCUT2D eigenvalue weighted by molar-refractivity contribution is 0.0959. The SMILES string of the molecule is CCOc1ccc(/C(C)=N\NC(=O)c2cccs2)cc1. The zero-order valence-corrected chi connectivity index (χ0v) is 12.2. The first-order valence-corrected chi connectivity index (χ1v) is 7.20. The summed E-state index contributed by atoms with van der Waals surface area (Å²) >= 11 is 1.39. The summed E-state index contributed by atoms with van der Waals surface area (Å²) in [5.74, 6) is 0.636. The number of amides is 1. The van der Waals surface area contributed by atoms with Crippen LogP contribution in [0.1, 0.15) is 29.1 Å². The summed E-state index contributed by atoms with van der Waals surface area (Å²) in [6.45, 7) is 4.44. The average Bonchev–Trinajstić information content (AvgIpc) is 3.00. The minimum absolute atomic E-state index is 0.190. The molecule has 2 aromatic rings. The molecule has 0 aliphatic carbocycles. The molecule has 0 spiro atoms. The van der Waals surface area contributed by atoms with E-state index >= 15 is 0 Å². The van der Waals surface area contributed by atoms with Crippen molar-refractivity contribution in [3.63, 3.8) is 0 Å². The topological polar surface area (TPSA) is 50.7 Å². The molecule has 104 valence electrons. The van der Waals surface area contributed by atoms with E-state index in [0.29, 0.717) is 11.5 Å². The first-order chi connectivity index (χ1) is 9.70. The molecule has 0 saturated carbocycles. The minimum Gasteiger partial charge on any atom is -0.494 e. The van der Waals surface area contributed by atoms with Crippen LogP contribution in [0.15, 0.2) is 46.9 Å². The highest BCUT2D eigenvalue weighted by Crippen LogP contribution is 2.13. The predicted molar refractivity (Wildman–Crippen MR) is 81.6 cm³/mol. The van der Waals surface area contributed by atoms with E-state index in [2.05, 4.69) is 10.5 Å². The maximum Gasteiger partial charge on any atom is 0.281 e. The van der Waals surface area contributed by atoms with Crippen LogP contribution in [0.25, 0.3) is 0 Å². The molecule has 0 aliphatic heterocycles.